The molecule has 0 aliphatic heterocycles. The molecule has 0 fully saturated rings. The summed E-state index contributed by atoms with van der Waals surface area (Å²) < 4.78 is 5.46. The molecule has 150 valence electrons. The molecule has 0 spiro atoms. The Balaban J connectivity index is 1.50. The lowest BCUT2D eigenvalue weighted by Crippen LogP contribution is -2.39. The molecule has 3 aromatic carbocycles. The number of para-hydroxylation sites is 1. The number of amides is 1. The molecule has 5 nitrogen and oxygen atoms in total. The fraction of sp³-hybridized carbons (Fsp3) is 0.125. The molecule has 6 heteroatoms. The van der Waals surface area contributed by atoms with E-state index >= 15 is 0 Å². The van der Waals surface area contributed by atoms with Crippen LogP contribution in [0.4, 0.5) is 0 Å². The summed E-state index contributed by atoms with van der Waals surface area (Å²) in [6, 6.07) is 21.6. The quantitative estimate of drug-likeness (QED) is 0.369. The highest BCUT2D eigenvalue weighted by Gasteiger charge is 2.20. The van der Waals surface area contributed by atoms with Gasteiger partial charge in [0.05, 0.1) is 21.8 Å². The van der Waals surface area contributed by atoms with E-state index in [1.54, 1.807) is 31.2 Å². The second kappa shape index (κ2) is 8.51. The van der Waals surface area contributed by atoms with Crippen molar-refractivity contribution in [1.29, 1.82) is 0 Å². The number of benzene rings is 3. The van der Waals surface area contributed by atoms with Gasteiger partial charge < -0.3 is 10.1 Å². The lowest BCUT2D eigenvalue weighted by Gasteiger charge is -2.15. The third-order valence-corrected chi connectivity index (χ3v) is 5.19. The van der Waals surface area contributed by atoms with Crippen molar-refractivity contribution >= 4 is 45.2 Å². The number of nitrogens with one attached hydrogen (secondary N) is 1. The van der Waals surface area contributed by atoms with Gasteiger partial charge in [0.25, 0.3) is 5.91 Å². The van der Waals surface area contributed by atoms with Crippen LogP contribution in [-0.4, -0.2) is 22.9 Å². The highest BCUT2D eigenvalue weighted by molar-refractivity contribution is 6.33. The van der Waals surface area contributed by atoms with Crippen LogP contribution in [0.3, 0.4) is 0 Å². The van der Waals surface area contributed by atoms with E-state index in [-0.39, 0.29) is 6.61 Å². The van der Waals surface area contributed by atoms with Crippen molar-refractivity contribution in [3.05, 3.63) is 89.1 Å². The van der Waals surface area contributed by atoms with Gasteiger partial charge in [-0.15, -0.1) is 0 Å². The summed E-state index contributed by atoms with van der Waals surface area (Å²) in [6.07, 6.45) is 0. The van der Waals surface area contributed by atoms with Gasteiger partial charge in [0.2, 0.25) is 0 Å². The highest BCUT2D eigenvalue weighted by Crippen LogP contribution is 2.26. The molecule has 0 unspecified atom stereocenters. The third-order valence-electron chi connectivity index (χ3n) is 4.86. The van der Waals surface area contributed by atoms with Crippen LogP contribution in [0.25, 0.3) is 21.7 Å². The van der Waals surface area contributed by atoms with Crippen LogP contribution in [0.5, 0.6) is 0 Å². The predicted octanol–water partition coefficient (Wildman–Crippen LogP) is 4.90. The summed E-state index contributed by atoms with van der Waals surface area (Å²) in [4.78, 5) is 29.5. The van der Waals surface area contributed by atoms with Crippen LogP contribution in [0.1, 0.15) is 23.0 Å². The first-order chi connectivity index (χ1) is 14.5. The maximum absolute atomic E-state index is 12.5. The molecule has 30 heavy (non-hydrogen) atoms. The molecule has 0 bridgehead atoms. The smallest absolute Gasteiger partial charge is 0.328 e. The Hall–Kier alpha value is -3.44. The van der Waals surface area contributed by atoms with Crippen molar-refractivity contribution in [2.45, 2.75) is 19.6 Å². The van der Waals surface area contributed by atoms with Gasteiger partial charge in [-0.2, -0.15) is 0 Å². The maximum atomic E-state index is 12.5. The molecule has 4 rings (SSSR count). The van der Waals surface area contributed by atoms with E-state index in [2.05, 4.69) is 10.3 Å². The fourth-order valence-corrected chi connectivity index (χ4v) is 3.55. The number of pyridine rings is 1. The highest BCUT2D eigenvalue weighted by atomic mass is 35.5. The molecule has 1 atom stereocenters. The van der Waals surface area contributed by atoms with Gasteiger partial charge in [-0.05, 0) is 30.5 Å². The number of halogens is 1. The van der Waals surface area contributed by atoms with E-state index in [9.17, 15) is 9.59 Å². The number of hydrogen-bond donors (Lipinski definition) is 1. The Morgan fingerprint density at radius 2 is 1.57 bits per heavy atom. The van der Waals surface area contributed by atoms with Crippen LogP contribution >= 0.6 is 11.6 Å². The number of hydrogen-bond acceptors (Lipinski definition) is 4. The molecule has 1 heterocycles. The molecule has 0 aliphatic carbocycles. The molecule has 1 N–H and O–H groups in total. The number of aromatic nitrogens is 1. The zero-order valence-corrected chi connectivity index (χ0v) is 17.0. The molecule has 0 radical (unpaired) electrons. The van der Waals surface area contributed by atoms with Gasteiger partial charge in [0.15, 0.2) is 0 Å². The Morgan fingerprint density at radius 3 is 2.33 bits per heavy atom. The third kappa shape index (κ3) is 3.98. The minimum atomic E-state index is -0.833. The van der Waals surface area contributed by atoms with Gasteiger partial charge in [-0.1, -0.05) is 66.2 Å². The molecular formula is C24H19ClN2O3. The summed E-state index contributed by atoms with van der Waals surface area (Å²) >= 11 is 6.04. The number of ether oxygens (including phenoxy) is 1. The minimum absolute atomic E-state index is 0.0104. The van der Waals surface area contributed by atoms with E-state index < -0.39 is 17.9 Å². The van der Waals surface area contributed by atoms with Gasteiger partial charge in [-0.3, -0.25) is 4.79 Å². The van der Waals surface area contributed by atoms with E-state index in [0.717, 1.165) is 21.7 Å². The number of rotatable bonds is 5. The van der Waals surface area contributed by atoms with E-state index in [4.69, 9.17) is 16.3 Å². The van der Waals surface area contributed by atoms with Crippen molar-refractivity contribution in [3.63, 3.8) is 0 Å². The van der Waals surface area contributed by atoms with Crippen molar-refractivity contribution in [3.8, 4) is 0 Å². The topological polar surface area (TPSA) is 68.3 Å². The average Bonchev–Trinajstić information content (AvgIpc) is 2.77. The first-order valence-corrected chi connectivity index (χ1v) is 9.91. The number of esters is 1. The van der Waals surface area contributed by atoms with Crippen LogP contribution < -0.4 is 5.32 Å². The zero-order chi connectivity index (χ0) is 21.1. The van der Waals surface area contributed by atoms with Gasteiger partial charge >= 0.3 is 5.97 Å². The van der Waals surface area contributed by atoms with Gasteiger partial charge in [0, 0.05) is 10.8 Å². The summed E-state index contributed by atoms with van der Waals surface area (Å²) in [5.41, 5.74) is 1.81. The molecule has 0 saturated heterocycles. The molecule has 1 aromatic heterocycles. The maximum Gasteiger partial charge on any atom is 0.328 e. The largest absolute Gasteiger partial charge is 0.458 e. The van der Waals surface area contributed by atoms with Crippen LogP contribution in [0, 0.1) is 0 Å². The Morgan fingerprint density at radius 1 is 0.933 bits per heavy atom. The lowest BCUT2D eigenvalue weighted by molar-refractivity contribution is -0.146. The van der Waals surface area contributed by atoms with Crippen LogP contribution in [-0.2, 0) is 16.1 Å². The summed E-state index contributed by atoms with van der Waals surface area (Å²) in [7, 11) is 0. The van der Waals surface area contributed by atoms with E-state index in [1.807, 2.05) is 48.5 Å². The van der Waals surface area contributed by atoms with E-state index in [1.165, 1.54) is 0 Å². The Bertz CT molecular complexity index is 1260. The number of fused-ring (bicyclic) bond motifs is 3. The molecular weight excluding hydrogens is 400 g/mol. The lowest BCUT2D eigenvalue weighted by atomic mass is 10.0. The standard InChI is InChI=1S/C24H19ClN2O3/c1-15(26-23(28)19-11-4-6-12-20(19)25)24(29)30-14-22-18-10-3-2-8-16(18)17-9-5-7-13-21(17)27-22/h2-13,15H,14H2,1H3,(H,26,28)/t15-/m0/s1. The van der Waals surface area contributed by atoms with Crippen molar-refractivity contribution in [2.24, 2.45) is 0 Å². The second-order valence-electron chi connectivity index (χ2n) is 6.90. The number of nitrogens with zero attached hydrogens (tertiary/aromatic N) is 1. The average molecular weight is 419 g/mol. The van der Waals surface area contributed by atoms with Gasteiger partial charge in [-0.25, -0.2) is 9.78 Å². The van der Waals surface area contributed by atoms with Crippen molar-refractivity contribution in [1.82, 2.24) is 10.3 Å². The van der Waals surface area contributed by atoms with Gasteiger partial charge in [0.1, 0.15) is 12.6 Å². The predicted molar refractivity (Wildman–Crippen MR) is 117 cm³/mol. The molecule has 4 aromatic rings. The minimum Gasteiger partial charge on any atom is -0.458 e. The number of carbonyl (C=O) groups is 2. The second-order valence-corrected chi connectivity index (χ2v) is 7.31. The van der Waals surface area contributed by atoms with E-state index in [0.29, 0.717) is 16.3 Å². The fourth-order valence-electron chi connectivity index (χ4n) is 3.33. The molecule has 1 amide bonds. The Kier molecular flexibility index (Phi) is 5.63. The molecule has 0 aliphatic rings. The molecule has 0 saturated carbocycles. The summed E-state index contributed by atoms with van der Waals surface area (Å²) in [5.74, 6) is -0.978. The SMILES string of the molecule is C[C@H](NC(=O)c1ccccc1Cl)C(=O)OCc1nc2ccccc2c2ccccc12. The monoisotopic (exact) mass is 418 g/mol. The number of carbonyl (C=O) groups excluding carboxylic acids is 2. The summed E-state index contributed by atoms with van der Waals surface area (Å²) in [6.45, 7) is 1.58. The normalized spacial score (nSPS) is 11.9. The van der Waals surface area contributed by atoms with Crippen molar-refractivity contribution < 1.29 is 14.3 Å². The zero-order valence-electron chi connectivity index (χ0n) is 16.3. The van der Waals surface area contributed by atoms with Crippen molar-refractivity contribution in [2.75, 3.05) is 0 Å². The first-order valence-electron chi connectivity index (χ1n) is 9.53. The van der Waals surface area contributed by atoms with Crippen LogP contribution in [0.15, 0.2) is 72.8 Å². The van der Waals surface area contributed by atoms with Crippen LogP contribution in [0.2, 0.25) is 5.02 Å². The summed E-state index contributed by atoms with van der Waals surface area (Å²) in [5, 5.41) is 5.97. The Labute approximate surface area is 178 Å². The first kappa shape index (κ1) is 19.9.